The molecule has 0 bridgehead atoms. The Morgan fingerprint density at radius 3 is 2.53 bits per heavy atom. The molecule has 1 saturated heterocycles. The maximum Gasteiger partial charge on any atom is 0.291 e. The van der Waals surface area contributed by atoms with Crippen molar-refractivity contribution in [3.63, 3.8) is 0 Å². The van der Waals surface area contributed by atoms with Crippen molar-refractivity contribution in [2.45, 2.75) is 13.5 Å². The summed E-state index contributed by atoms with van der Waals surface area (Å²) in [6, 6.07) is 16.9. The molecule has 2 aromatic heterocycles. The molecule has 0 atom stereocenters. The van der Waals surface area contributed by atoms with Gasteiger partial charge in [0.15, 0.2) is 0 Å². The van der Waals surface area contributed by atoms with Gasteiger partial charge in [0.25, 0.3) is 11.8 Å². The molecule has 1 fully saturated rings. The van der Waals surface area contributed by atoms with E-state index < -0.39 is 5.91 Å². The summed E-state index contributed by atoms with van der Waals surface area (Å²) in [7, 11) is 0. The van der Waals surface area contributed by atoms with Gasteiger partial charge >= 0.3 is 0 Å². The number of nitrogens with zero attached hydrogens (tertiary/aromatic N) is 3. The number of carbonyl (C=O) groups excluding carboxylic acids is 2. The van der Waals surface area contributed by atoms with E-state index in [0.717, 1.165) is 5.56 Å². The minimum absolute atomic E-state index is 0.0851. The van der Waals surface area contributed by atoms with E-state index in [4.69, 9.17) is 20.8 Å². The highest BCUT2D eigenvalue weighted by Gasteiger charge is 2.29. The number of amides is 2. The zero-order chi connectivity index (χ0) is 23.7. The number of rotatable bonds is 5. The Morgan fingerprint density at radius 1 is 1.06 bits per heavy atom. The summed E-state index contributed by atoms with van der Waals surface area (Å²) in [5, 5.41) is 8.21. The van der Waals surface area contributed by atoms with E-state index >= 15 is 0 Å². The van der Waals surface area contributed by atoms with Crippen molar-refractivity contribution in [2.75, 3.05) is 31.6 Å². The number of furan rings is 1. The third-order valence-electron chi connectivity index (χ3n) is 5.79. The Labute approximate surface area is 201 Å². The predicted molar refractivity (Wildman–Crippen MR) is 128 cm³/mol. The van der Waals surface area contributed by atoms with E-state index in [2.05, 4.69) is 10.4 Å². The smallest absolute Gasteiger partial charge is 0.291 e. The van der Waals surface area contributed by atoms with E-state index in [1.165, 1.54) is 0 Å². The lowest BCUT2D eigenvalue weighted by atomic mass is 10.2. The fraction of sp³-hybridized carbons (Fsp3) is 0.240. The normalized spacial score (nSPS) is 13.9. The number of hydrogen-bond donors (Lipinski definition) is 1. The summed E-state index contributed by atoms with van der Waals surface area (Å²) in [4.78, 5) is 28.3. The zero-order valence-corrected chi connectivity index (χ0v) is 19.3. The van der Waals surface area contributed by atoms with Gasteiger partial charge in [-0.2, -0.15) is 5.10 Å². The largest absolute Gasteiger partial charge is 0.449 e. The third-order valence-corrected chi connectivity index (χ3v) is 6.18. The second kappa shape index (κ2) is 9.32. The van der Waals surface area contributed by atoms with Crippen molar-refractivity contribution in [2.24, 2.45) is 0 Å². The van der Waals surface area contributed by atoms with Crippen LogP contribution in [0.4, 0.5) is 5.69 Å². The predicted octanol–water partition coefficient (Wildman–Crippen LogP) is 4.36. The van der Waals surface area contributed by atoms with Gasteiger partial charge in [-0.05, 0) is 24.6 Å². The summed E-state index contributed by atoms with van der Waals surface area (Å²) >= 11 is 6.58. The molecule has 3 heterocycles. The van der Waals surface area contributed by atoms with Crippen LogP contribution in [0.3, 0.4) is 0 Å². The third kappa shape index (κ3) is 4.18. The maximum absolute atomic E-state index is 13.4. The molecule has 174 valence electrons. The summed E-state index contributed by atoms with van der Waals surface area (Å²) in [5.41, 5.74) is 2.60. The molecule has 4 aromatic rings. The highest BCUT2D eigenvalue weighted by molar-refractivity contribution is 6.34. The van der Waals surface area contributed by atoms with Gasteiger partial charge in [0.2, 0.25) is 5.76 Å². The Hall–Kier alpha value is -3.62. The number of carbonyl (C=O) groups is 2. The van der Waals surface area contributed by atoms with Crippen LogP contribution in [0.2, 0.25) is 5.15 Å². The fourth-order valence-corrected chi connectivity index (χ4v) is 4.40. The van der Waals surface area contributed by atoms with Crippen LogP contribution in [-0.2, 0) is 11.3 Å². The van der Waals surface area contributed by atoms with E-state index in [1.807, 2.05) is 42.5 Å². The minimum atomic E-state index is -0.454. The van der Waals surface area contributed by atoms with Crippen molar-refractivity contribution in [3.05, 3.63) is 82.3 Å². The Kier molecular flexibility index (Phi) is 6.08. The maximum atomic E-state index is 13.4. The van der Waals surface area contributed by atoms with E-state index in [1.54, 1.807) is 28.6 Å². The second-order valence-corrected chi connectivity index (χ2v) is 8.41. The average molecular weight is 479 g/mol. The van der Waals surface area contributed by atoms with Crippen molar-refractivity contribution in [1.29, 1.82) is 0 Å². The summed E-state index contributed by atoms with van der Waals surface area (Å²) in [5.74, 6) is -0.663. The Balaban J connectivity index is 1.47. The number of anilines is 1. The van der Waals surface area contributed by atoms with Crippen LogP contribution in [-0.4, -0.2) is 52.8 Å². The monoisotopic (exact) mass is 478 g/mol. The van der Waals surface area contributed by atoms with Gasteiger partial charge < -0.3 is 19.4 Å². The number of halogens is 1. The Bertz CT molecular complexity index is 1360. The van der Waals surface area contributed by atoms with E-state index in [0.29, 0.717) is 55.2 Å². The molecule has 5 rings (SSSR count). The number of para-hydroxylation sites is 1. The van der Waals surface area contributed by atoms with Gasteiger partial charge in [-0.25, -0.2) is 4.68 Å². The van der Waals surface area contributed by atoms with Crippen LogP contribution in [0.1, 0.15) is 32.2 Å². The SMILES string of the molecule is Cc1nn(Cc2ccccc2)c(Cl)c1C(=O)Nc1c(C(=O)N2CCOCC2)oc2ccccc12. The fourth-order valence-electron chi connectivity index (χ4n) is 4.08. The van der Waals surface area contributed by atoms with Crippen molar-refractivity contribution in [3.8, 4) is 0 Å². The minimum Gasteiger partial charge on any atom is -0.449 e. The molecule has 0 spiro atoms. The van der Waals surface area contributed by atoms with Crippen molar-refractivity contribution in [1.82, 2.24) is 14.7 Å². The molecule has 2 amide bonds. The first-order valence-corrected chi connectivity index (χ1v) is 11.4. The molecule has 1 aliphatic heterocycles. The van der Waals surface area contributed by atoms with Crippen molar-refractivity contribution >= 4 is 40.1 Å². The average Bonchev–Trinajstić information content (AvgIpc) is 3.36. The molecule has 0 unspecified atom stereocenters. The molecule has 0 aliphatic carbocycles. The first kappa shape index (κ1) is 22.2. The number of ether oxygens (including phenoxy) is 1. The van der Waals surface area contributed by atoms with Gasteiger partial charge in [0, 0.05) is 18.5 Å². The lowest BCUT2D eigenvalue weighted by Crippen LogP contribution is -2.40. The number of fused-ring (bicyclic) bond motifs is 1. The highest BCUT2D eigenvalue weighted by Crippen LogP contribution is 2.33. The molecule has 1 aliphatic rings. The topological polar surface area (TPSA) is 89.6 Å². The lowest BCUT2D eigenvalue weighted by Gasteiger charge is -2.26. The van der Waals surface area contributed by atoms with Crippen LogP contribution >= 0.6 is 11.6 Å². The summed E-state index contributed by atoms with van der Waals surface area (Å²) < 4.78 is 12.8. The van der Waals surface area contributed by atoms with Crippen LogP contribution < -0.4 is 5.32 Å². The quantitative estimate of drug-likeness (QED) is 0.460. The number of aryl methyl sites for hydroxylation is 1. The van der Waals surface area contributed by atoms with Gasteiger partial charge in [-0.1, -0.05) is 54.1 Å². The van der Waals surface area contributed by atoms with E-state index in [-0.39, 0.29) is 22.4 Å². The first-order valence-electron chi connectivity index (χ1n) is 11.0. The molecular weight excluding hydrogens is 456 g/mol. The molecule has 0 saturated carbocycles. The highest BCUT2D eigenvalue weighted by atomic mass is 35.5. The second-order valence-electron chi connectivity index (χ2n) is 8.06. The van der Waals surface area contributed by atoms with Gasteiger partial charge in [0.05, 0.1) is 31.0 Å². The number of aromatic nitrogens is 2. The number of benzene rings is 2. The van der Waals surface area contributed by atoms with Gasteiger partial charge in [0.1, 0.15) is 16.4 Å². The number of nitrogens with one attached hydrogen (secondary N) is 1. The summed E-state index contributed by atoms with van der Waals surface area (Å²) in [6.45, 7) is 4.01. The zero-order valence-electron chi connectivity index (χ0n) is 18.6. The molecule has 1 N–H and O–H groups in total. The molecule has 34 heavy (non-hydrogen) atoms. The van der Waals surface area contributed by atoms with Crippen LogP contribution in [0.15, 0.2) is 59.0 Å². The van der Waals surface area contributed by atoms with Crippen LogP contribution in [0.25, 0.3) is 11.0 Å². The van der Waals surface area contributed by atoms with Crippen molar-refractivity contribution < 1.29 is 18.7 Å². The standard InChI is InChI=1S/C25H23ClN4O4/c1-16-20(23(26)30(28-16)15-17-7-3-2-4-8-17)24(31)27-21-18-9-5-6-10-19(18)34-22(21)25(32)29-11-13-33-14-12-29/h2-10H,11-15H2,1H3,(H,27,31). The molecule has 2 aromatic carbocycles. The molecule has 0 radical (unpaired) electrons. The molecular formula is C25H23ClN4O4. The van der Waals surface area contributed by atoms with Crippen LogP contribution in [0.5, 0.6) is 0 Å². The number of morpholine rings is 1. The summed E-state index contributed by atoms with van der Waals surface area (Å²) in [6.07, 6.45) is 0. The number of hydrogen-bond acceptors (Lipinski definition) is 5. The van der Waals surface area contributed by atoms with E-state index in [9.17, 15) is 9.59 Å². The van der Waals surface area contributed by atoms with Gasteiger partial charge in [-0.15, -0.1) is 0 Å². The van der Waals surface area contributed by atoms with Crippen LogP contribution in [0, 0.1) is 6.92 Å². The molecule has 8 nitrogen and oxygen atoms in total. The first-order chi connectivity index (χ1) is 16.5. The lowest BCUT2D eigenvalue weighted by molar-refractivity contribution is 0.0285. The molecule has 9 heteroatoms. The van der Waals surface area contributed by atoms with Gasteiger partial charge in [-0.3, -0.25) is 9.59 Å². The Morgan fingerprint density at radius 2 is 1.76 bits per heavy atom.